The average Bonchev–Trinajstić information content (AvgIpc) is 1.62. The Bertz CT molecular complexity index is 5410. The first kappa shape index (κ1) is 89.8. The highest BCUT2D eigenvalue weighted by Crippen LogP contribution is 2.39. The molecule has 116 heavy (non-hydrogen) atoms. The number of carbonyl (C=O) groups is 3. The summed E-state index contributed by atoms with van der Waals surface area (Å²) in [5, 5.41) is 17.1. The van der Waals surface area contributed by atoms with E-state index in [-0.39, 0.29) is 66.8 Å². The SMILES string of the molecule is CC1(C)OB(c2ccc(CC(=O)Cc3cc(C(F)(F)F)ccc3F)cc2)OC1(C)C.CC1(C)OB(c2ccc(N)cc2)OC1(C)C.COC(=O)OC(Cl)(Cl)Cl.Cc1ccc(F)c(N)c1.Cn1cc(-c2cnn3c(-c4ccc(CC(=O)Cc5cc(C(F)(F)F)ccc5F)cc4)cnc3c2)cn1.Cn1cc(-c2cnn3c(Br)cnc3c2)cn1.[3H-]. The molecule has 14 rings (SSSR count). The molecule has 0 saturated carbocycles. The van der Waals surface area contributed by atoms with Crippen LogP contribution in [0.4, 0.5) is 55.7 Å². The first-order valence-corrected chi connectivity index (χ1v) is 37.3. The molecule has 0 unspecified atom stereocenters. The number of aromatic nitrogens is 10. The number of nitrogen functional groups attached to an aromatic ring is 2. The fourth-order valence-electron chi connectivity index (χ4n) is 11.2. The molecule has 2 aliphatic heterocycles. The topological polar surface area (TPSA) is 255 Å². The minimum absolute atomic E-state index is 0. The zero-order chi connectivity index (χ0) is 85.2. The molecule has 12 aromatic rings. The lowest BCUT2D eigenvalue weighted by Crippen LogP contribution is -2.41. The van der Waals surface area contributed by atoms with Gasteiger partial charge in [-0.25, -0.2) is 37.0 Å². The Balaban J connectivity index is 0.000000188. The van der Waals surface area contributed by atoms with E-state index in [2.05, 4.69) is 55.8 Å². The van der Waals surface area contributed by atoms with Gasteiger partial charge in [-0.3, -0.25) is 19.0 Å². The van der Waals surface area contributed by atoms with Crippen molar-refractivity contribution in [1.82, 2.24) is 48.8 Å². The molecule has 0 radical (unpaired) electrons. The molecule has 6 aromatic carbocycles. The maximum atomic E-state index is 14.0. The Hall–Kier alpha value is -10.1. The van der Waals surface area contributed by atoms with Crippen LogP contribution in [-0.2, 0) is 89.8 Å². The van der Waals surface area contributed by atoms with Crippen molar-refractivity contribution in [2.75, 3.05) is 18.6 Å². The maximum Gasteiger partial charge on any atom is 0.511 e. The van der Waals surface area contributed by atoms with E-state index in [4.69, 9.17) is 64.9 Å². The van der Waals surface area contributed by atoms with E-state index in [1.165, 1.54) is 6.07 Å². The van der Waals surface area contributed by atoms with Crippen LogP contribution in [0, 0.1) is 24.4 Å². The average molecular weight is 1730 g/mol. The molecule has 612 valence electrons. The summed E-state index contributed by atoms with van der Waals surface area (Å²) in [5.41, 5.74) is 18.9. The summed E-state index contributed by atoms with van der Waals surface area (Å²) in [5.74, 6) is -2.77. The van der Waals surface area contributed by atoms with Crippen molar-refractivity contribution in [1.29, 1.82) is 0 Å². The molecule has 0 amide bonds. The van der Waals surface area contributed by atoms with E-state index in [0.717, 1.165) is 85.2 Å². The molecule has 21 nitrogen and oxygen atoms in total. The van der Waals surface area contributed by atoms with Crippen molar-refractivity contribution >= 4 is 116 Å². The molecule has 6 aromatic heterocycles. The van der Waals surface area contributed by atoms with E-state index in [1.807, 2.05) is 144 Å². The Morgan fingerprint density at radius 2 is 0.897 bits per heavy atom. The highest BCUT2D eigenvalue weighted by atomic mass is 79.9. The summed E-state index contributed by atoms with van der Waals surface area (Å²) in [7, 11) is 4.01. The van der Waals surface area contributed by atoms with Gasteiger partial charge in [0, 0.05) is 85.7 Å². The zero-order valence-electron chi connectivity index (χ0n) is 65.6. The lowest BCUT2D eigenvalue weighted by Gasteiger charge is -2.32. The van der Waals surface area contributed by atoms with E-state index >= 15 is 0 Å². The van der Waals surface area contributed by atoms with Crippen LogP contribution in [0.5, 0.6) is 0 Å². The molecular formula is C80H80B2BrCl3F9N12O9-. The second-order valence-electron chi connectivity index (χ2n) is 28.8. The van der Waals surface area contributed by atoms with E-state index in [1.54, 1.807) is 97.9 Å². The number of nitrogens with two attached hydrogens (primary N) is 2. The van der Waals surface area contributed by atoms with Crippen LogP contribution in [0.1, 0.15) is 95.8 Å². The molecule has 4 N–H and O–H groups in total. The number of methoxy groups -OCH3 is 1. The number of imidazole rings is 2. The molecule has 8 heterocycles. The smallest absolute Gasteiger partial charge is 0.511 e. The Labute approximate surface area is 687 Å². The molecule has 2 aliphatic rings. The molecule has 36 heteroatoms. The van der Waals surface area contributed by atoms with Crippen LogP contribution in [0.25, 0.3) is 44.8 Å². The van der Waals surface area contributed by atoms with E-state index < -0.39 is 76.4 Å². The Kier molecular flexibility index (Phi) is 28.6. The largest absolute Gasteiger partial charge is 1.00 e. The lowest BCUT2D eigenvalue weighted by atomic mass is 9.78. The molecule has 2 fully saturated rings. The molecule has 2 saturated heterocycles. The lowest BCUT2D eigenvalue weighted by molar-refractivity contribution is -0.138. The maximum absolute atomic E-state index is 14.0. The van der Waals surface area contributed by atoms with Crippen molar-refractivity contribution < 1.29 is 83.4 Å². The van der Waals surface area contributed by atoms with Gasteiger partial charge in [0.05, 0.1) is 89.2 Å². The van der Waals surface area contributed by atoms with Crippen molar-refractivity contribution in [3.8, 4) is 33.5 Å². The number of ether oxygens (including phenoxy) is 2. The third kappa shape index (κ3) is 24.0. The first-order chi connectivity index (χ1) is 54.2. The van der Waals surface area contributed by atoms with Gasteiger partial charge in [-0.15, -0.1) is 0 Å². The molecule has 0 aliphatic carbocycles. The third-order valence-corrected chi connectivity index (χ3v) is 19.6. The fraction of sp³-hybridized carbons (Fsp3) is 0.287. The normalized spacial score (nSPS) is 14.5. The summed E-state index contributed by atoms with van der Waals surface area (Å²) < 4.78 is 155. The number of hydrogen-bond acceptors (Lipinski definition) is 17. The molecule has 0 atom stereocenters. The van der Waals surface area contributed by atoms with Crippen LogP contribution in [0.3, 0.4) is 0 Å². The number of aryl methyl sites for hydroxylation is 3. The van der Waals surface area contributed by atoms with Crippen LogP contribution in [0.15, 0.2) is 194 Å². The van der Waals surface area contributed by atoms with Gasteiger partial charge >= 0.3 is 36.7 Å². The van der Waals surface area contributed by atoms with Crippen molar-refractivity contribution in [3.05, 3.63) is 250 Å². The Morgan fingerprint density at radius 3 is 1.28 bits per heavy atom. The number of benzene rings is 6. The molecular weight excluding hydrogens is 1650 g/mol. The highest BCUT2D eigenvalue weighted by molar-refractivity contribution is 9.10. The van der Waals surface area contributed by atoms with Gasteiger partial charge in [-0.1, -0.05) is 66.7 Å². The number of fused-ring (bicyclic) bond motifs is 2. The summed E-state index contributed by atoms with van der Waals surface area (Å²) in [6.07, 6.45) is 3.26. The van der Waals surface area contributed by atoms with Gasteiger partial charge in [-0.2, -0.15) is 46.7 Å². The standard InChI is InChI=1S/C26H19F4N5O.C22H23BF4O3.C12H18BNO2.C10H8BrN5.C7H8FN.C3H3Cl3O3.H/c1-34-15-20(13-32-34)19-11-25-31-14-24(35(25)33-12-19)17-4-2-16(3-5-17)8-22(36)10-18-9-21(26(28,29)30)6-7-23(18)27;1-20(2)21(3,4)30-23(29-20)17-8-5-14(6-9-17)11-18(28)13-15-12-16(22(25,26)27)7-10-19(15)24;1-11(2)12(3,4)16-13(15-11)9-5-7-10(14)8-6-9;1-15-6-8(4-13-15)7-2-10-12-5-9(11)16(10)14-3-7;1-5-2-3-6(8)7(9)4-5;1-8-2(7)9-3(4,5)6;/h2-7,9,11-15H,8,10H2,1H3;5-10,12H,11,13H2,1-4H3;5-8H,14H2,1-4H3;2-6H,1H3;2-4H,9H2,1H3;1H3;/q;;;;;;-1/i;;;;;;1+2. The number of nitrogens with zero attached hydrogens (tertiary/aromatic N) is 10. The quantitative estimate of drug-likeness (QED) is 0.0358. The summed E-state index contributed by atoms with van der Waals surface area (Å²) in [6.45, 7) is 17.9. The second-order valence-corrected chi connectivity index (χ2v) is 31.7. The molecule has 0 bridgehead atoms. The van der Waals surface area contributed by atoms with E-state index in [0.29, 0.717) is 41.0 Å². The number of Topliss-reactive ketones (excluding diaryl/α,β-unsaturated/α-hetero) is 2. The number of halogens is 13. The van der Waals surface area contributed by atoms with Crippen LogP contribution < -0.4 is 22.4 Å². The van der Waals surface area contributed by atoms with Gasteiger partial charge in [-0.05, 0) is 225 Å². The van der Waals surface area contributed by atoms with E-state index in [9.17, 15) is 53.9 Å². The van der Waals surface area contributed by atoms with Crippen molar-refractivity contribution in [3.63, 3.8) is 0 Å². The predicted molar refractivity (Wildman–Crippen MR) is 430 cm³/mol. The predicted octanol–water partition coefficient (Wildman–Crippen LogP) is 17.2. The van der Waals surface area contributed by atoms with Gasteiger partial charge in [0.1, 0.15) is 33.6 Å². The van der Waals surface area contributed by atoms with Crippen molar-refractivity contribution in [2.45, 2.75) is 127 Å². The zero-order valence-corrected chi connectivity index (χ0v) is 68.4. The van der Waals surface area contributed by atoms with Crippen molar-refractivity contribution in [2.24, 2.45) is 14.1 Å². The number of ketones is 2. The fourth-order valence-corrected chi connectivity index (χ4v) is 11.7. The summed E-state index contributed by atoms with van der Waals surface area (Å²) in [6, 6.07) is 34.5. The number of hydrogen-bond donors (Lipinski definition) is 2. The van der Waals surface area contributed by atoms with Crippen LogP contribution >= 0.6 is 50.7 Å². The number of anilines is 2. The Morgan fingerprint density at radius 1 is 0.500 bits per heavy atom. The van der Waals surface area contributed by atoms with Gasteiger partial charge in [0.25, 0.3) is 0 Å². The number of rotatable bonds is 13. The number of alkyl halides is 9. The second kappa shape index (κ2) is 37.0. The van der Waals surface area contributed by atoms with Crippen LogP contribution in [-0.4, -0.2) is 114 Å². The monoisotopic (exact) mass is 1730 g/mol. The third-order valence-electron chi connectivity index (χ3n) is 18.8. The number of carbonyl (C=O) groups excluding carboxylic acids is 3. The first-order valence-electron chi connectivity index (χ1n) is 35.3. The highest BCUT2D eigenvalue weighted by Gasteiger charge is 2.53. The van der Waals surface area contributed by atoms with Gasteiger partial charge in [0.15, 0.2) is 11.3 Å². The van der Waals surface area contributed by atoms with Gasteiger partial charge in [0.2, 0.25) is 0 Å². The van der Waals surface area contributed by atoms with Crippen LogP contribution in [0.2, 0.25) is 0 Å². The summed E-state index contributed by atoms with van der Waals surface area (Å²) in [4.78, 5) is 43.6. The molecule has 0 spiro atoms. The minimum atomic E-state index is -4.60. The van der Waals surface area contributed by atoms with Gasteiger partial charge < -0.3 is 41.0 Å². The summed E-state index contributed by atoms with van der Waals surface area (Å²) >= 11 is 18.4. The minimum Gasteiger partial charge on any atom is -1.00 e.